The maximum absolute atomic E-state index is 11.9. The van der Waals surface area contributed by atoms with Crippen LogP contribution in [0.4, 0.5) is 18.2 Å². The van der Waals surface area contributed by atoms with Gasteiger partial charge < -0.3 is 22.0 Å². The van der Waals surface area contributed by atoms with Crippen molar-refractivity contribution >= 4 is 34.4 Å². The first-order chi connectivity index (χ1) is 11.5. The van der Waals surface area contributed by atoms with E-state index >= 15 is 0 Å². The molecule has 2 amide bonds. The Balaban J connectivity index is 0. The average molecular weight is 380 g/mol. The van der Waals surface area contributed by atoms with Crippen molar-refractivity contribution in [2.24, 2.45) is 11.5 Å². The molecule has 0 atom stereocenters. The Kier molecular flexibility index (Phi) is 12.6. The van der Waals surface area contributed by atoms with Crippen LogP contribution in [0.2, 0.25) is 0 Å². The summed E-state index contributed by atoms with van der Waals surface area (Å²) >= 11 is 0.727. The van der Waals surface area contributed by atoms with E-state index in [1.807, 2.05) is 6.92 Å². The van der Waals surface area contributed by atoms with Crippen LogP contribution < -0.4 is 17.2 Å². The Morgan fingerprint density at radius 2 is 1.92 bits per heavy atom. The number of unbranched alkanes of at least 4 members (excludes halogenated alkanes) is 1. The van der Waals surface area contributed by atoms with Crippen molar-refractivity contribution in [2.75, 3.05) is 5.73 Å². The number of carbonyl (C=O) groups excluding carboxylic acids is 3. The van der Waals surface area contributed by atoms with Gasteiger partial charge in [0.15, 0.2) is 0 Å². The molecular formula is C14H19F3N4O3S. The predicted octanol–water partition coefficient (Wildman–Crippen LogP) is 1.90. The van der Waals surface area contributed by atoms with Crippen LogP contribution in [0.5, 0.6) is 0 Å². The van der Waals surface area contributed by atoms with Crippen LogP contribution in [0.1, 0.15) is 41.4 Å². The van der Waals surface area contributed by atoms with E-state index in [2.05, 4.69) is 5.73 Å². The highest BCUT2D eigenvalue weighted by atomic mass is 32.1. The summed E-state index contributed by atoms with van der Waals surface area (Å²) in [5.41, 5.74) is 14.7. The molecule has 1 heterocycles. The van der Waals surface area contributed by atoms with E-state index < -0.39 is 24.4 Å². The molecule has 0 aliphatic heterocycles. The molecular weight excluding hydrogens is 361 g/mol. The van der Waals surface area contributed by atoms with E-state index in [1.54, 1.807) is 6.07 Å². The zero-order valence-corrected chi connectivity index (χ0v) is 14.2. The Bertz CT molecular complexity index is 609. The van der Waals surface area contributed by atoms with E-state index in [-0.39, 0.29) is 21.9 Å². The minimum Gasteiger partial charge on any atom is -0.390 e. The van der Waals surface area contributed by atoms with Crippen molar-refractivity contribution in [2.45, 2.75) is 38.8 Å². The van der Waals surface area contributed by atoms with Gasteiger partial charge in [-0.1, -0.05) is 6.92 Å². The number of thiophene rings is 1. The molecule has 0 aromatic carbocycles. The Morgan fingerprint density at radius 1 is 1.36 bits per heavy atom. The second kappa shape index (κ2) is 12.8. The van der Waals surface area contributed by atoms with E-state index in [0.29, 0.717) is 6.42 Å². The van der Waals surface area contributed by atoms with Gasteiger partial charge in [0.25, 0.3) is 5.91 Å². The highest BCUT2D eigenvalue weighted by molar-refractivity contribution is 7.16. The molecule has 0 fully saturated rings. The number of anilines is 1. The number of rotatable bonds is 5. The van der Waals surface area contributed by atoms with Crippen molar-refractivity contribution in [3.63, 3.8) is 0 Å². The van der Waals surface area contributed by atoms with Gasteiger partial charge in [0.05, 0.1) is 23.1 Å². The van der Waals surface area contributed by atoms with E-state index in [1.165, 1.54) is 0 Å². The SMILES string of the molecule is CCCC=O.N#CCC(N)=O.NC(=O)c1cc(CC(F)(F)F)sc1N. The Hall–Kier alpha value is -2.61. The molecule has 7 nitrogen and oxygen atoms in total. The fraction of sp³-hybridized carbons (Fsp3) is 0.429. The molecule has 0 unspecified atom stereocenters. The molecule has 0 bridgehead atoms. The number of amides is 2. The van der Waals surface area contributed by atoms with Gasteiger partial charge in [-0.05, 0) is 12.5 Å². The molecule has 25 heavy (non-hydrogen) atoms. The normalized spacial score (nSPS) is 9.56. The van der Waals surface area contributed by atoms with Crippen LogP contribution in [0.15, 0.2) is 6.07 Å². The zero-order chi connectivity index (χ0) is 20.0. The van der Waals surface area contributed by atoms with Gasteiger partial charge in [0, 0.05) is 11.3 Å². The lowest BCUT2D eigenvalue weighted by molar-refractivity contribution is -0.126. The van der Waals surface area contributed by atoms with Gasteiger partial charge in [0.2, 0.25) is 5.91 Å². The third kappa shape index (κ3) is 14.7. The summed E-state index contributed by atoms with van der Waals surface area (Å²) in [5.74, 6) is -1.38. The number of nitrogen functional groups attached to an aromatic ring is 1. The lowest BCUT2D eigenvalue weighted by Crippen LogP contribution is -2.12. The largest absolute Gasteiger partial charge is 0.393 e. The van der Waals surface area contributed by atoms with Crippen molar-refractivity contribution < 1.29 is 27.6 Å². The number of nitriles is 1. The topological polar surface area (TPSA) is 153 Å². The first-order valence-corrected chi connectivity index (χ1v) is 7.63. The van der Waals surface area contributed by atoms with Crippen molar-refractivity contribution in [1.82, 2.24) is 0 Å². The summed E-state index contributed by atoms with van der Waals surface area (Å²) in [4.78, 5) is 29.7. The van der Waals surface area contributed by atoms with E-state index in [4.69, 9.17) is 16.7 Å². The van der Waals surface area contributed by atoms with Gasteiger partial charge in [-0.2, -0.15) is 18.4 Å². The van der Waals surface area contributed by atoms with Crippen molar-refractivity contribution in [3.8, 4) is 6.07 Å². The monoisotopic (exact) mass is 380 g/mol. The first-order valence-electron chi connectivity index (χ1n) is 6.82. The maximum atomic E-state index is 11.9. The Morgan fingerprint density at radius 3 is 2.12 bits per heavy atom. The van der Waals surface area contributed by atoms with Gasteiger partial charge in [0.1, 0.15) is 12.7 Å². The fourth-order valence-electron chi connectivity index (χ4n) is 1.13. The first kappa shape index (κ1) is 24.6. The molecule has 0 aliphatic rings. The molecule has 0 aliphatic carbocycles. The number of aldehydes is 1. The van der Waals surface area contributed by atoms with Gasteiger partial charge >= 0.3 is 6.18 Å². The smallest absolute Gasteiger partial charge is 0.390 e. The molecule has 0 saturated carbocycles. The van der Waals surface area contributed by atoms with E-state index in [0.717, 1.165) is 30.1 Å². The summed E-state index contributed by atoms with van der Waals surface area (Å²) in [6.07, 6.45) is -2.95. The molecule has 11 heteroatoms. The number of alkyl halides is 3. The standard InChI is InChI=1S/C7H7F3N2OS.C4H8O.C3H4N2O/c8-7(9,10)2-3-1-4(5(11)13)6(12)14-3;1-2-3-4-5;4-2-1-3(5)6/h1H,2,12H2,(H2,11,13);4H,2-3H2,1H3;1H2,(H2,5,6). The summed E-state index contributed by atoms with van der Waals surface area (Å²) < 4.78 is 35.8. The third-order valence-corrected chi connectivity index (χ3v) is 3.08. The van der Waals surface area contributed by atoms with Gasteiger partial charge in [-0.25, -0.2) is 0 Å². The van der Waals surface area contributed by atoms with Crippen LogP contribution >= 0.6 is 11.3 Å². The lowest BCUT2D eigenvalue weighted by atomic mass is 10.2. The number of halogens is 3. The number of nitrogens with zero attached hydrogens (tertiary/aromatic N) is 1. The summed E-state index contributed by atoms with van der Waals surface area (Å²) in [6.45, 7) is 1.98. The fourth-order valence-corrected chi connectivity index (χ4v) is 2.10. The average Bonchev–Trinajstić information content (AvgIpc) is 2.79. The third-order valence-electron chi connectivity index (χ3n) is 2.11. The van der Waals surface area contributed by atoms with Crippen molar-refractivity contribution in [3.05, 3.63) is 16.5 Å². The number of nitrogens with two attached hydrogens (primary N) is 3. The number of primary amides is 2. The number of hydrogen-bond donors (Lipinski definition) is 3. The molecule has 140 valence electrons. The maximum Gasteiger partial charge on any atom is 0.393 e. The van der Waals surface area contributed by atoms with Crippen LogP contribution in [0, 0.1) is 11.3 Å². The molecule has 6 N–H and O–H groups in total. The lowest BCUT2D eigenvalue weighted by Gasteiger charge is -2.01. The van der Waals surface area contributed by atoms with Gasteiger partial charge in [-0.15, -0.1) is 11.3 Å². The molecule has 0 saturated heterocycles. The second-order valence-corrected chi connectivity index (χ2v) is 5.57. The zero-order valence-electron chi connectivity index (χ0n) is 13.4. The van der Waals surface area contributed by atoms with Gasteiger partial charge in [-0.3, -0.25) is 9.59 Å². The predicted molar refractivity (Wildman–Crippen MR) is 87.4 cm³/mol. The molecule has 0 radical (unpaired) electrons. The van der Waals surface area contributed by atoms with E-state index in [9.17, 15) is 27.6 Å². The highest BCUT2D eigenvalue weighted by Crippen LogP contribution is 2.30. The summed E-state index contributed by atoms with van der Waals surface area (Å²) in [5, 5.41) is 7.71. The molecule has 0 spiro atoms. The van der Waals surface area contributed by atoms with Crippen LogP contribution in [0.25, 0.3) is 0 Å². The molecule has 1 rings (SSSR count). The minimum absolute atomic E-state index is 0.0104. The summed E-state index contributed by atoms with van der Waals surface area (Å²) in [7, 11) is 0. The minimum atomic E-state index is -4.30. The van der Waals surface area contributed by atoms with Crippen LogP contribution in [-0.2, 0) is 16.0 Å². The van der Waals surface area contributed by atoms with Crippen LogP contribution in [-0.4, -0.2) is 24.3 Å². The van der Waals surface area contributed by atoms with Crippen molar-refractivity contribution in [1.29, 1.82) is 5.26 Å². The number of hydrogen-bond acceptors (Lipinski definition) is 6. The highest BCUT2D eigenvalue weighted by Gasteiger charge is 2.29. The molecule has 1 aromatic heterocycles. The summed E-state index contributed by atoms with van der Waals surface area (Å²) in [6, 6.07) is 2.67. The van der Waals surface area contributed by atoms with Crippen LogP contribution in [0.3, 0.4) is 0 Å². The quantitative estimate of drug-likeness (QED) is 0.666. The Labute approximate surface area is 146 Å². The molecule has 1 aromatic rings. The number of carbonyl (C=O) groups is 3. The second-order valence-electron chi connectivity index (χ2n) is 4.40.